The molecule has 0 saturated carbocycles. The molecule has 0 aliphatic carbocycles. The highest BCUT2D eigenvalue weighted by Crippen LogP contribution is 2.30. The van der Waals surface area contributed by atoms with E-state index in [0.717, 1.165) is 4.47 Å². The molecule has 1 heterocycles. The first-order valence-electron chi connectivity index (χ1n) is 5.26. The van der Waals surface area contributed by atoms with Gasteiger partial charge in [0.25, 0.3) is 15.2 Å². The van der Waals surface area contributed by atoms with E-state index in [2.05, 4.69) is 26.1 Å². The van der Waals surface area contributed by atoms with Crippen molar-refractivity contribution in [1.29, 1.82) is 0 Å². The minimum Gasteiger partial charge on any atom is -0.297 e. The van der Waals surface area contributed by atoms with Crippen molar-refractivity contribution in [2.75, 3.05) is 0 Å². The summed E-state index contributed by atoms with van der Waals surface area (Å²) in [6.45, 7) is 2.13. The molecule has 0 amide bonds. The second kappa shape index (κ2) is 5.20. The Balaban J connectivity index is 2.70. The lowest BCUT2D eigenvalue weighted by molar-refractivity contribution is 0.571. The molecule has 9 heteroatoms. The molecule has 2 aromatic rings. The average Bonchev–Trinajstić information content (AvgIpc) is 2.75. The van der Waals surface area contributed by atoms with Gasteiger partial charge in [-0.05, 0) is 25.1 Å². The summed E-state index contributed by atoms with van der Waals surface area (Å²) < 4.78 is 25.0. The molecule has 0 atom stereocenters. The summed E-state index contributed by atoms with van der Waals surface area (Å²) in [5.74, 6) is 0.359. The number of primary sulfonamides is 1. The van der Waals surface area contributed by atoms with Gasteiger partial charge >= 0.3 is 0 Å². The number of sulfonamides is 1. The van der Waals surface area contributed by atoms with Crippen molar-refractivity contribution >= 4 is 37.6 Å². The smallest absolute Gasteiger partial charge is 0.273 e. The molecule has 102 valence electrons. The Bertz CT molecular complexity index is 729. The molecular formula is C10H10BrClN4O2S. The van der Waals surface area contributed by atoms with Gasteiger partial charge in [0.15, 0.2) is 5.82 Å². The number of nitrogens with two attached hydrogens (primary N) is 1. The molecule has 6 nitrogen and oxygen atoms in total. The molecule has 0 bridgehead atoms. The molecule has 19 heavy (non-hydrogen) atoms. The van der Waals surface area contributed by atoms with Crippen LogP contribution in [0.4, 0.5) is 0 Å². The van der Waals surface area contributed by atoms with Crippen LogP contribution in [-0.4, -0.2) is 23.2 Å². The largest absolute Gasteiger partial charge is 0.297 e. The van der Waals surface area contributed by atoms with Crippen molar-refractivity contribution in [3.63, 3.8) is 0 Å². The zero-order valence-electron chi connectivity index (χ0n) is 9.84. The summed E-state index contributed by atoms with van der Waals surface area (Å²) in [6, 6.07) is 5.21. The zero-order chi connectivity index (χ0) is 14.2. The summed E-state index contributed by atoms with van der Waals surface area (Å²) >= 11 is 9.43. The van der Waals surface area contributed by atoms with Gasteiger partial charge in [0, 0.05) is 16.6 Å². The lowest BCUT2D eigenvalue weighted by Gasteiger charge is -2.08. The Morgan fingerprint density at radius 2 is 2.11 bits per heavy atom. The van der Waals surface area contributed by atoms with E-state index in [1.165, 1.54) is 4.57 Å². The van der Waals surface area contributed by atoms with Crippen LogP contribution in [0.2, 0.25) is 5.02 Å². The number of rotatable bonds is 3. The van der Waals surface area contributed by atoms with Crippen LogP contribution in [0.25, 0.3) is 11.4 Å². The third-order valence-corrected chi connectivity index (χ3v) is 4.09. The Hall–Kier alpha value is -0.960. The molecule has 2 rings (SSSR count). The highest BCUT2D eigenvalue weighted by atomic mass is 79.9. The Morgan fingerprint density at radius 1 is 1.42 bits per heavy atom. The predicted molar refractivity (Wildman–Crippen MR) is 75.2 cm³/mol. The maximum absolute atomic E-state index is 11.4. The summed E-state index contributed by atoms with van der Waals surface area (Å²) in [6.07, 6.45) is 0. The number of hydrogen-bond acceptors (Lipinski definition) is 4. The van der Waals surface area contributed by atoms with Gasteiger partial charge in [-0.15, -0.1) is 10.2 Å². The summed E-state index contributed by atoms with van der Waals surface area (Å²) in [7, 11) is -3.92. The van der Waals surface area contributed by atoms with Crippen molar-refractivity contribution < 1.29 is 8.42 Å². The molecule has 0 fully saturated rings. The summed E-state index contributed by atoms with van der Waals surface area (Å²) in [4.78, 5) is 0. The van der Waals surface area contributed by atoms with Crippen LogP contribution in [0, 0.1) is 0 Å². The molecular weight excluding hydrogens is 356 g/mol. The van der Waals surface area contributed by atoms with Crippen LogP contribution in [0.15, 0.2) is 27.8 Å². The van der Waals surface area contributed by atoms with Crippen molar-refractivity contribution in [3.8, 4) is 11.4 Å². The van der Waals surface area contributed by atoms with Gasteiger partial charge in [0.05, 0.1) is 5.02 Å². The van der Waals surface area contributed by atoms with Crippen molar-refractivity contribution in [1.82, 2.24) is 14.8 Å². The van der Waals surface area contributed by atoms with Gasteiger partial charge in [-0.25, -0.2) is 13.6 Å². The number of nitrogens with zero attached hydrogens (tertiary/aromatic N) is 3. The maximum atomic E-state index is 11.4. The molecule has 1 aromatic carbocycles. The third-order valence-electron chi connectivity index (χ3n) is 2.46. The Labute approximate surface area is 123 Å². The minimum atomic E-state index is -3.92. The van der Waals surface area contributed by atoms with E-state index in [-0.39, 0.29) is 5.16 Å². The van der Waals surface area contributed by atoms with Crippen LogP contribution in [-0.2, 0) is 16.6 Å². The van der Waals surface area contributed by atoms with Crippen LogP contribution in [0.3, 0.4) is 0 Å². The summed E-state index contributed by atoms with van der Waals surface area (Å²) in [5, 5.41) is 12.8. The quantitative estimate of drug-likeness (QED) is 0.901. The molecule has 0 radical (unpaired) electrons. The molecule has 1 aromatic heterocycles. The van der Waals surface area contributed by atoms with Gasteiger partial charge < -0.3 is 0 Å². The van der Waals surface area contributed by atoms with Crippen molar-refractivity contribution in [2.45, 2.75) is 18.6 Å². The second-order valence-electron chi connectivity index (χ2n) is 3.72. The molecule has 0 aliphatic heterocycles. The van der Waals surface area contributed by atoms with Gasteiger partial charge in [0.2, 0.25) is 0 Å². The SMILES string of the molecule is CCn1c(-c2cc(Br)ccc2Cl)nnc1S(N)(=O)=O. The fraction of sp³-hybridized carbons (Fsp3) is 0.200. The number of benzene rings is 1. The first-order valence-corrected chi connectivity index (χ1v) is 7.97. The topological polar surface area (TPSA) is 90.9 Å². The van der Waals surface area contributed by atoms with Crippen molar-refractivity contribution in [3.05, 3.63) is 27.7 Å². The summed E-state index contributed by atoms with van der Waals surface area (Å²) in [5.41, 5.74) is 0.584. The first-order chi connectivity index (χ1) is 8.84. The van der Waals surface area contributed by atoms with Gasteiger partial charge in [0.1, 0.15) is 0 Å². The predicted octanol–water partition coefficient (Wildman–Crippen LogP) is 2.03. The fourth-order valence-corrected chi connectivity index (χ4v) is 2.89. The molecule has 0 aliphatic rings. The number of aromatic nitrogens is 3. The first kappa shape index (κ1) is 14.4. The lowest BCUT2D eigenvalue weighted by Crippen LogP contribution is -2.18. The highest BCUT2D eigenvalue weighted by molar-refractivity contribution is 9.10. The van der Waals surface area contributed by atoms with Gasteiger partial charge in [-0.1, -0.05) is 27.5 Å². The molecule has 0 saturated heterocycles. The second-order valence-corrected chi connectivity index (χ2v) is 6.50. The lowest BCUT2D eigenvalue weighted by atomic mass is 10.2. The van der Waals surface area contributed by atoms with E-state index in [1.807, 2.05) is 0 Å². The molecule has 0 unspecified atom stereocenters. The van der Waals surface area contributed by atoms with Gasteiger partial charge in [-0.2, -0.15) is 0 Å². The normalized spacial score (nSPS) is 11.8. The monoisotopic (exact) mass is 364 g/mol. The number of hydrogen-bond donors (Lipinski definition) is 1. The van der Waals surface area contributed by atoms with Crippen LogP contribution in [0.1, 0.15) is 6.92 Å². The van der Waals surface area contributed by atoms with Crippen molar-refractivity contribution in [2.24, 2.45) is 5.14 Å². The zero-order valence-corrected chi connectivity index (χ0v) is 13.0. The van der Waals surface area contributed by atoms with Crippen LogP contribution < -0.4 is 5.14 Å². The van der Waals surface area contributed by atoms with E-state index in [4.69, 9.17) is 16.7 Å². The Kier molecular flexibility index (Phi) is 3.95. The molecule has 0 spiro atoms. The van der Waals surface area contributed by atoms with E-state index >= 15 is 0 Å². The van der Waals surface area contributed by atoms with Crippen LogP contribution >= 0.6 is 27.5 Å². The fourth-order valence-electron chi connectivity index (χ4n) is 1.65. The average molecular weight is 366 g/mol. The highest BCUT2D eigenvalue weighted by Gasteiger charge is 2.22. The Morgan fingerprint density at radius 3 is 2.68 bits per heavy atom. The van der Waals surface area contributed by atoms with E-state index < -0.39 is 10.0 Å². The van der Waals surface area contributed by atoms with Crippen LogP contribution in [0.5, 0.6) is 0 Å². The maximum Gasteiger partial charge on any atom is 0.273 e. The standard InChI is InChI=1S/C10H10BrClN4O2S/c1-2-16-9(14-15-10(16)19(13,17)18)7-5-6(11)3-4-8(7)12/h3-5H,2H2,1H3,(H2,13,17,18). The minimum absolute atomic E-state index is 0.277. The van der Waals surface area contributed by atoms with E-state index in [9.17, 15) is 8.42 Å². The van der Waals surface area contributed by atoms with E-state index in [0.29, 0.717) is 23.0 Å². The number of halogens is 2. The van der Waals surface area contributed by atoms with E-state index in [1.54, 1.807) is 25.1 Å². The van der Waals surface area contributed by atoms with Gasteiger partial charge in [-0.3, -0.25) is 4.57 Å². The third kappa shape index (κ3) is 2.81. The molecule has 2 N–H and O–H groups in total.